The van der Waals surface area contributed by atoms with Gasteiger partial charge in [-0.1, -0.05) is 291 Å². The van der Waals surface area contributed by atoms with Crippen LogP contribution in [0.25, 0.3) is 22.8 Å². The third-order valence-electron chi connectivity index (χ3n) is 20.4. The smallest absolute Gasteiger partial charge is 0.0907 e. The number of fused-ring (bicyclic) bond motifs is 6. The molecular formula is C95H67Br2N7. The van der Waals surface area contributed by atoms with Crippen molar-refractivity contribution >= 4 is 77.4 Å². The van der Waals surface area contributed by atoms with Gasteiger partial charge in [-0.3, -0.25) is 19.9 Å². The van der Waals surface area contributed by atoms with E-state index in [-0.39, 0.29) is 5.41 Å². The zero-order valence-electron chi connectivity index (χ0n) is 56.5. The van der Waals surface area contributed by atoms with Crippen LogP contribution < -0.4 is 15.1 Å². The van der Waals surface area contributed by atoms with E-state index >= 15 is 0 Å². The lowest BCUT2D eigenvalue weighted by Crippen LogP contribution is -2.37. The fourth-order valence-corrected chi connectivity index (χ4v) is 16.6. The Hall–Kier alpha value is -12.4. The van der Waals surface area contributed by atoms with Crippen LogP contribution in [0.2, 0.25) is 0 Å². The van der Waals surface area contributed by atoms with Gasteiger partial charge in [0.25, 0.3) is 0 Å². The van der Waals surface area contributed by atoms with Crippen molar-refractivity contribution in [2.75, 3.05) is 15.1 Å². The van der Waals surface area contributed by atoms with Crippen molar-refractivity contribution in [3.8, 4) is 22.8 Å². The fourth-order valence-electron chi connectivity index (χ4n) is 16.1. The SMILES string of the molecule is Brc1ccc(-c2ccc(Br)cn2)nc1.c1ccc(C2(c3ccccc3)c3ccccc3N(c3ccnc(-c4cc(N5c6ccccc6C(c6ccccc6)(c6ccccc6)c6ccccc65)ccn4)c3)c3ccccc32)cc1.c1ccc(C2(c3ccccc3)c3ccccc3Nc3ccccc32)cc1. The Kier molecular flexibility index (Phi) is 17.6. The second-order valence-corrected chi connectivity index (χ2v) is 27.8. The highest BCUT2D eigenvalue weighted by atomic mass is 79.9. The molecule has 19 rings (SSSR count). The zero-order valence-corrected chi connectivity index (χ0v) is 59.7. The molecule has 0 radical (unpaired) electrons. The minimum absolute atomic E-state index is 0.332. The molecule has 9 heteroatoms. The maximum atomic E-state index is 5.01. The molecule has 16 aromatic rings. The van der Waals surface area contributed by atoms with Crippen molar-refractivity contribution in [3.63, 3.8) is 0 Å². The molecule has 0 unspecified atom stereocenters. The van der Waals surface area contributed by atoms with E-state index in [1.54, 1.807) is 12.4 Å². The summed E-state index contributed by atoms with van der Waals surface area (Å²) < 4.78 is 1.94. The van der Waals surface area contributed by atoms with Crippen LogP contribution in [0.1, 0.15) is 66.8 Å². The molecule has 496 valence electrons. The van der Waals surface area contributed by atoms with Crippen LogP contribution in [-0.2, 0) is 16.2 Å². The molecule has 3 aliphatic heterocycles. The van der Waals surface area contributed by atoms with Gasteiger partial charge in [0.2, 0.25) is 0 Å². The third-order valence-corrected chi connectivity index (χ3v) is 21.3. The molecule has 0 bridgehead atoms. The Morgan fingerprint density at radius 1 is 0.231 bits per heavy atom. The minimum atomic E-state index is -0.544. The van der Waals surface area contributed by atoms with E-state index in [0.29, 0.717) is 0 Å². The maximum absolute atomic E-state index is 5.01. The molecule has 0 spiro atoms. The molecule has 0 aliphatic carbocycles. The highest BCUT2D eigenvalue weighted by molar-refractivity contribution is 9.10. The van der Waals surface area contributed by atoms with Crippen molar-refractivity contribution in [2.24, 2.45) is 0 Å². The number of anilines is 8. The van der Waals surface area contributed by atoms with Crippen LogP contribution in [0.4, 0.5) is 45.5 Å². The first kappa shape index (κ1) is 64.9. The molecule has 0 saturated carbocycles. The normalized spacial score (nSPS) is 13.6. The quantitative estimate of drug-likeness (QED) is 0.146. The molecule has 12 aromatic carbocycles. The van der Waals surface area contributed by atoms with Crippen LogP contribution >= 0.6 is 31.9 Å². The van der Waals surface area contributed by atoms with Crippen molar-refractivity contribution in [1.82, 2.24) is 19.9 Å². The van der Waals surface area contributed by atoms with Gasteiger partial charge in [0.15, 0.2) is 0 Å². The molecule has 104 heavy (non-hydrogen) atoms. The molecular weight excluding hydrogens is 1400 g/mol. The lowest BCUT2D eigenvalue weighted by atomic mass is 9.62. The number of halogens is 2. The first-order chi connectivity index (χ1) is 51.4. The number of para-hydroxylation sites is 6. The zero-order chi connectivity index (χ0) is 69.9. The Morgan fingerprint density at radius 2 is 0.481 bits per heavy atom. The number of nitrogens with zero attached hydrogens (tertiary/aromatic N) is 6. The van der Waals surface area contributed by atoms with Gasteiger partial charge >= 0.3 is 0 Å². The Balaban J connectivity index is 0.000000162. The summed E-state index contributed by atoms with van der Waals surface area (Å²) in [5, 5.41) is 3.63. The summed E-state index contributed by atoms with van der Waals surface area (Å²) in [6.07, 6.45) is 7.36. The molecule has 3 aliphatic rings. The Morgan fingerprint density at radius 3 is 0.760 bits per heavy atom. The van der Waals surface area contributed by atoms with E-state index < -0.39 is 10.8 Å². The van der Waals surface area contributed by atoms with E-state index in [0.717, 1.165) is 65.8 Å². The first-order valence-corrected chi connectivity index (χ1v) is 36.5. The first-order valence-electron chi connectivity index (χ1n) is 34.9. The summed E-state index contributed by atoms with van der Waals surface area (Å²) >= 11 is 6.68. The van der Waals surface area contributed by atoms with Gasteiger partial charge < -0.3 is 15.1 Å². The Bertz CT molecular complexity index is 5160. The van der Waals surface area contributed by atoms with E-state index in [9.17, 15) is 0 Å². The molecule has 7 nitrogen and oxygen atoms in total. The van der Waals surface area contributed by atoms with E-state index in [1.807, 2.05) is 36.7 Å². The number of rotatable bonds is 10. The topological polar surface area (TPSA) is 70.1 Å². The van der Waals surface area contributed by atoms with Gasteiger partial charge in [-0.15, -0.1) is 0 Å². The monoisotopic (exact) mass is 1460 g/mol. The van der Waals surface area contributed by atoms with Crippen LogP contribution in [0.15, 0.2) is 410 Å². The van der Waals surface area contributed by atoms with E-state index in [4.69, 9.17) is 9.97 Å². The van der Waals surface area contributed by atoms with Crippen LogP contribution in [-0.4, -0.2) is 19.9 Å². The van der Waals surface area contributed by atoms with Crippen molar-refractivity contribution in [1.29, 1.82) is 0 Å². The average molecular weight is 1470 g/mol. The number of hydrogen-bond acceptors (Lipinski definition) is 7. The number of aromatic nitrogens is 4. The van der Waals surface area contributed by atoms with Crippen LogP contribution in [0.3, 0.4) is 0 Å². The molecule has 7 heterocycles. The molecule has 0 amide bonds. The van der Waals surface area contributed by atoms with Gasteiger partial charge in [0.1, 0.15) is 0 Å². The summed E-state index contributed by atoms with van der Waals surface area (Å²) in [6, 6.07) is 134. The van der Waals surface area contributed by atoms with Crippen molar-refractivity contribution in [3.05, 3.63) is 477 Å². The molecule has 0 saturated heterocycles. The van der Waals surface area contributed by atoms with Crippen molar-refractivity contribution < 1.29 is 0 Å². The minimum Gasteiger partial charge on any atom is -0.355 e. The van der Waals surface area contributed by atoms with Gasteiger partial charge in [0, 0.05) is 56.5 Å². The molecule has 1 N–H and O–H groups in total. The number of pyridine rings is 4. The average Bonchev–Trinajstić information content (AvgIpc) is 0.707. The van der Waals surface area contributed by atoms with E-state index in [1.165, 1.54) is 78.1 Å². The second-order valence-electron chi connectivity index (χ2n) is 25.9. The summed E-state index contributed by atoms with van der Waals surface area (Å²) in [6.45, 7) is 0. The highest BCUT2D eigenvalue weighted by Crippen LogP contribution is 2.60. The summed E-state index contributed by atoms with van der Waals surface area (Å²) in [4.78, 5) is 23.3. The maximum Gasteiger partial charge on any atom is 0.0907 e. The third kappa shape index (κ3) is 11.3. The highest BCUT2D eigenvalue weighted by Gasteiger charge is 2.49. The largest absolute Gasteiger partial charge is 0.355 e. The summed E-state index contributed by atoms with van der Waals surface area (Å²) in [5.41, 5.74) is 25.7. The fraction of sp³-hybridized carbons (Fsp3) is 0.0316. The second kappa shape index (κ2) is 28.2. The molecule has 0 fully saturated rings. The lowest BCUT2D eigenvalue weighted by Gasteiger charge is -2.46. The lowest BCUT2D eigenvalue weighted by molar-refractivity contribution is 0.731. The summed E-state index contributed by atoms with van der Waals surface area (Å²) in [5.74, 6) is 0. The predicted octanol–water partition coefficient (Wildman–Crippen LogP) is 24.3. The standard InChI is InChI=1S/C60H42N4.C25H19N.C10H6Br2N2/c1-5-21-43(22-6-1)59(44-23-7-2-8-24-44)49-29-13-17-33-55(49)63(56-34-18-14-30-50(56)59)47-37-39-61-53(41-47)54-42-48(38-40-62-54)64-57-35-19-15-31-51(57)60(45-25-9-3-10-26-45,46-27-11-4-12-28-46)52-32-16-20-36-58(52)64;1-3-11-19(12-4-1)25(20-13-5-2-6-14-20)21-15-7-9-17-23(21)26-24-18-10-8-16-22(24)25;11-7-1-3-9(13-5-7)10-4-2-8(12)6-14-10/h1-42H;1-18,26H;1-6H. The van der Waals surface area contributed by atoms with Gasteiger partial charge in [0.05, 0.1) is 61.8 Å². The number of benzene rings is 12. The number of hydrogen-bond donors (Lipinski definition) is 1. The molecule has 0 atom stereocenters. The van der Waals surface area contributed by atoms with Crippen molar-refractivity contribution in [2.45, 2.75) is 16.2 Å². The van der Waals surface area contributed by atoms with Gasteiger partial charge in [-0.2, -0.15) is 0 Å². The molecule has 4 aromatic heterocycles. The van der Waals surface area contributed by atoms with Gasteiger partial charge in [-0.25, -0.2) is 0 Å². The Labute approximate surface area is 623 Å². The van der Waals surface area contributed by atoms with Crippen LogP contribution in [0.5, 0.6) is 0 Å². The van der Waals surface area contributed by atoms with Crippen LogP contribution in [0, 0.1) is 0 Å². The number of nitrogens with one attached hydrogen (secondary N) is 1. The summed E-state index contributed by atoms with van der Waals surface area (Å²) in [7, 11) is 0. The van der Waals surface area contributed by atoms with E-state index in [2.05, 4.69) is 409 Å². The predicted molar refractivity (Wildman–Crippen MR) is 431 cm³/mol. The van der Waals surface area contributed by atoms with Gasteiger partial charge in [-0.05, 0) is 184 Å².